The number of hydrogen-bond acceptors (Lipinski definition) is 2. The Morgan fingerprint density at radius 3 is 2.48 bits per heavy atom. The molecule has 0 aliphatic carbocycles. The molecule has 4 heteroatoms. The smallest absolute Gasteiger partial charge is 0.226 e. The summed E-state index contributed by atoms with van der Waals surface area (Å²) < 4.78 is 0. The lowest BCUT2D eigenvalue weighted by molar-refractivity contribution is -0.142. The number of nitrogens with zero attached hydrogens (tertiary/aromatic N) is 2. The lowest BCUT2D eigenvalue weighted by Gasteiger charge is -2.47. The van der Waals surface area contributed by atoms with E-state index in [1.54, 1.807) is 0 Å². The number of amides is 2. The fraction of sp³-hybridized carbons (Fsp3) is 0.579. The van der Waals surface area contributed by atoms with Crippen LogP contribution in [0.2, 0.25) is 0 Å². The zero-order valence-corrected chi connectivity index (χ0v) is 14.0. The fourth-order valence-corrected chi connectivity index (χ4v) is 3.91. The van der Waals surface area contributed by atoms with Gasteiger partial charge in [0.1, 0.15) is 0 Å². The Kier molecular flexibility index (Phi) is 4.69. The Hall–Kier alpha value is -1.84. The molecule has 2 aliphatic heterocycles. The van der Waals surface area contributed by atoms with Crippen molar-refractivity contribution >= 4 is 11.8 Å². The van der Waals surface area contributed by atoms with Crippen molar-refractivity contribution in [2.24, 2.45) is 5.41 Å². The third kappa shape index (κ3) is 3.57. The van der Waals surface area contributed by atoms with Crippen LogP contribution in [0, 0.1) is 5.41 Å². The van der Waals surface area contributed by atoms with E-state index < -0.39 is 0 Å². The molecule has 0 aromatic heterocycles. The number of rotatable bonds is 3. The Morgan fingerprint density at radius 2 is 1.83 bits per heavy atom. The summed E-state index contributed by atoms with van der Waals surface area (Å²) >= 11 is 0. The molecule has 4 nitrogen and oxygen atoms in total. The zero-order valence-electron chi connectivity index (χ0n) is 14.0. The van der Waals surface area contributed by atoms with Gasteiger partial charge in [-0.2, -0.15) is 0 Å². The number of carbonyl (C=O) groups is 2. The lowest BCUT2D eigenvalue weighted by atomic mass is 9.72. The van der Waals surface area contributed by atoms with Gasteiger partial charge in [0.2, 0.25) is 11.8 Å². The number of benzene rings is 1. The molecule has 2 saturated heterocycles. The van der Waals surface area contributed by atoms with Crippen LogP contribution in [-0.2, 0) is 16.0 Å². The normalized spacial score (nSPS) is 20.8. The molecule has 0 N–H and O–H groups in total. The van der Waals surface area contributed by atoms with Gasteiger partial charge in [0.15, 0.2) is 0 Å². The molecule has 1 aromatic rings. The van der Waals surface area contributed by atoms with Gasteiger partial charge in [-0.15, -0.1) is 0 Å². The molecular weight excluding hydrogens is 288 g/mol. The van der Waals surface area contributed by atoms with Crippen molar-refractivity contribution in [1.29, 1.82) is 0 Å². The third-order valence-electron chi connectivity index (χ3n) is 5.50. The van der Waals surface area contributed by atoms with Crippen molar-refractivity contribution in [2.75, 3.05) is 26.2 Å². The van der Waals surface area contributed by atoms with Gasteiger partial charge >= 0.3 is 0 Å². The highest BCUT2D eigenvalue weighted by atomic mass is 16.2. The highest BCUT2D eigenvalue weighted by molar-refractivity contribution is 5.79. The molecule has 2 amide bonds. The van der Waals surface area contributed by atoms with Crippen LogP contribution >= 0.6 is 0 Å². The number of piperidine rings is 2. The van der Waals surface area contributed by atoms with Gasteiger partial charge in [-0.1, -0.05) is 30.3 Å². The highest BCUT2D eigenvalue weighted by Gasteiger charge is 2.41. The average molecular weight is 314 g/mol. The SMILES string of the molecule is CCN1CC2(CCC1=O)CCN(C(=O)Cc1ccccc1)CC2. The lowest BCUT2D eigenvalue weighted by Crippen LogP contribution is -2.52. The molecule has 2 fully saturated rings. The monoisotopic (exact) mass is 314 g/mol. The number of hydrogen-bond donors (Lipinski definition) is 0. The van der Waals surface area contributed by atoms with Gasteiger partial charge < -0.3 is 9.80 Å². The first kappa shape index (κ1) is 16.0. The van der Waals surface area contributed by atoms with E-state index in [0.717, 1.165) is 51.0 Å². The van der Waals surface area contributed by atoms with E-state index in [9.17, 15) is 9.59 Å². The minimum Gasteiger partial charge on any atom is -0.342 e. The summed E-state index contributed by atoms with van der Waals surface area (Å²) in [5.41, 5.74) is 1.33. The van der Waals surface area contributed by atoms with Crippen LogP contribution in [0.5, 0.6) is 0 Å². The predicted octanol–water partition coefficient (Wildman–Crippen LogP) is 2.48. The van der Waals surface area contributed by atoms with Gasteiger partial charge in [0.05, 0.1) is 6.42 Å². The third-order valence-corrected chi connectivity index (χ3v) is 5.50. The van der Waals surface area contributed by atoms with Crippen molar-refractivity contribution < 1.29 is 9.59 Å². The van der Waals surface area contributed by atoms with Crippen LogP contribution in [-0.4, -0.2) is 47.8 Å². The van der Waals surface area contributed by atoms with Crippen LogP contribution in [0.4, 0.5) is 0 Å². The first-order valence-corrected chi connectivity index (χ1v) is 8.71. The molecule has 1 aromatic carbocycles. The van der Waals surface area contributed by atoms with Gasteiger partial charge in [-0.05, 0) is 37.2 Å². The average Bonchev–Trinajstić information content (AvgIpc) is 2.59. The molecular formula is C19H26N2O2. The van der Waals surface area contributed by atoms with Crippen molar-refractivity contribution in [3.8, 4) is 0 Å². The summed E-state index contributed by atoms with van der Waals surface area (Å²) in [6.45, 7) is 5.39. The van der Waals surface area contributed by atoms with Crippen LogP contribution in [0.3, 0.4) is 0 Å². The topological polar surface area (TPSA) is 40.6 Å². The van der Waals surface area contributed by atoms with Crippen molar-refractivity contribution in [2.45, 2.75) is 39.0 Å². The largest absolute Gasteiger partial charge is 0.342 e. The van der Waals surface area contributed by atoms with Crippen molar-refractivity contribution in [3.05, 3.63) is 35.9 Å². The van der Waals surface area contributed by atoms with E-state index in [4.69, 9.17) is 0 Å². The van der Waals surface area contributed by atoms with E-state index >= 15 is 0 Å². The van der Waals surface area contributed by atoms with Crippen molar-refractivity contribution in [1.82, 2.24) is 9.80 Å². The molecule has 0 saturated carbocycles. The quantitative estimate of drug-likeness (QED) is 0.860. The summed E-state index contributed by atoms with van der Waals surface area (Å²) in [5.74, 6) is 0.519. The van der Waals surface area contributed by atoms with Gasteiger partial charge in [0, 0.05) is 32.6 Å². The molecule has 2 aliphatic rings. The summed E-state index contributed by atoms with van der Waals surface area (Å²) in [6.07, 6.45) is 4.21. The Labute approximate surface area is 138 Å². The second kappa shape index (κ2) is 6.73. The molecule has 23 heavy (non-hydrogen) atoms. The van der Waals surface area contributed by atoms with Gasteiger partial charge in [-0.3, -0.25) is 9.59 Å². The van der Waals surface area contributed by atoms with E-state index in [-0.39, 0.29) is 11.3 Å². The van der Waals surface area contributed by atoms with Gasteiger partial charge in [0.25, 0.3) is 0 Å². The molecule has 0 bridgehead atoms. The van der Waals surface area contributed by atoms with Gasteiger partial charge in [-0.25, -0.2) is 0 Å². The summed E-state index contributed by atoms with van der Waals surface area (Å²) in [4.78, 5) is 28.4. The molecule has 0 atom stereocenters. The van der Waals surface area contributed by atoms with E-state index in [0.29, 0.717) is 18.7 Å². The van der Waals surface area contributed by atoms with Crippen LogP contribution in [0.15, 0.2) is 30.3 Å². The van der Waals surface area contributed by atoms with E-state index in [1.165, 1.54) is 0 Å². The Balaban J connectivity index is 1.56. The van der Waals surface area contributed by atoms with Crippen LogP contribution < -0.4 is 0 Å². The first-order chi connectivity index (χ1) is 11.1. The number of likely N-dealkylation sites (tertiary alicyclic amines) is 2. The second-order valence-electron chi connectivity index (χ2n) is 6.95. The molecule has 0 unspecified atom stereocenters. The standard InChI is InChI=1S/C19H26N2O2/c1-2-20-15-19(9-8-17(20)22)10-12-21(13-11-19)18(23)14-16-6-4-3-5-7-16/h3-7H,2,8-15H2,1H3. The predicted molar refractivity (Wildman–Crippen MR) is 89.9 cm³/mol. The van der Waals surface area contributed by atoms with E-state index in [2.05, 4.69) is 6.92 Å². The number of carbonyl (C=O) groups excluding carboxylic acids is 2. The molecule has 0 radical (unpaired) electrons. The summed E-state index contributed by atoms with van der Waals surface area (Å²) in [5, 5.41) is 0. The molecule has 2 heterocycles. The Morgan fingerprint density at radius 1 is 1.13 bits per heavy atom. The summed E-state index contributed by atoms with van der Waals surface area (Å²) in [6, 6.07) is 9.95. The van der Waals surface area contributed by atoms with E-state index in [1.807, 2.05) is 40.1 Å². The first-order valence-electron chi connectivity index (χ1n) is 8.71. The highest BCUT2D eigenvalue weighted by Crippen LogP contribution is 2.40. The maximum atomic E-state index is 12.5. The van der Waals surface area contributed by atoms with Crippen LogP contribution in [0.1, 0.15) is 38.2 Å². The van der Waals surface area contributed by atoms with Crippen LogP contribution in [0.25, 0.3) is 0 Å². The molecule has 3 rings (SSSR count). The zero-order chi connectivity index (χ0) is 16.3. The molecule has 124 valence electrons. The van der Waals surface area contributed by atoms with Crippen molar-refractivity contribution in [3.63, 3.8) is 0 Å². The minimum absolute atomic E-state index is 0.227. The fourth-order valence-electron chi connectivity index (χ4n) is 3.91. The minimum atomic E-state index is 0.227. The Bertz CT molecular complexity index is 562. The maximum Gasteiger partial charge on any atom is 0.226 e. The molecule has 1 spiro atoms. The second-order valence-corrected chi connectivity index (χ2v) is 6.95. The summed E-state index contributed by atoms with van der Waals surface area (Å²) in [7, 11) is 0. The maximum absolute atomic E-state index is 12.5.